The van der Waals surface area contributed by atoms with Crippen LogP contribution in [0, 0.1) is 11.3 Å². The molecule has 6 nitrogen and oxygen atoms in total. The van der Waals surface area contributed by atoms with Crippen LogP contribution in [0.3, 0.4) is 0 Å². The van der Waals surface area contributed by atoms with Gasteiger partial charge in [0, 0.05) is 0 Å². The highest BCUT2D eigenvalue weighted by molar-refractivity contribution is 6.33. The van der Waals surface area contributed by atoms with E-state index in [4.69, 9.17) is 16.9 Å². The molecule has 0 saturated heterocycles. The van der Waals surface area contributed by atoms with Crippen molar-refractivity contribution in [2.24, 2.45) is 0 Å². The van der Waals surface area contributed by atoms with Crippen molar-refractivity contribution in [3.8, 4) is 6.07 Å². The molecule has 16 heavy (non-hydrogen) atoms. The summed E-state index contributed by atoms with van der Waals surface area (Å²) in [4.78, 5) is 0. The SMILES string of the molecule is N#Cc1ccc(NCc2nn[nH]n2)c(Cl)c1. The number of benzene rings is 1. The Bertz CT molecular complexity index is 515. The minimum Gasteiger partial charge on any atom is -0.376 e. The molecule has 7 heteroatoms. The van der Waals surface area contributed by atoms with Gasteiger partial charge >= 0.3 is 0 Å². The average Bonchev–Trinajstić information content (AvgIpc) is 2.80. The highest BCUT2D eigenvalue weighted by atomic mass is 35.5. The first kappa shape index (κ1) is 10.4. The van der Waals surface area contributed by atoms with Gasteiger partial charge in [-0.15, -0.1) is 10.2 Å². The summed E-state index contributed by atoms with van der Waals surface area (Å²) in [5.41, 5.74) is 1.25. The predicted molar refractivity (Wildman–Crippen MR) is 57.7 cm³/mol. The lowest BCUT2D eigenvalue weighted by atomic mass is 10.2. The van der Waals surface area contributed by atoms with E-state index in [1.165, 1.54) is 0 Å². The van der Waals surface area contributed by atoms with Crippen LogP contribution in [0.2, 0.25) is 5.02 Å². The fourth-order valence-electron chi connectivity index (χ4n) is 1.16. The quantitative estimate of drug-likeness (QED) is 0.836. The second-order valence-corrected chi connectivity index (χ2v) is 3.40. The molecular formula is C9H7ClN6. The maximum Gasteiger partial charge on any atom is 0.193 e. The normalized spacial score (nSPS) is 9.75. The predicted octanol–water partition coefficient (Wildman–Crippen LogP) is 1.34. The Balaban J connectivity index is 2.08. The van der Waals surface area contributed by atoms with Crippen LogP contribution in [-0.4, -0.2) is 20.6 Å². The Morgan fingerprint density at radius 3 is 3.00 bits per heavy atom. The number of tetrazole rings is 1. The first-order valence-corrected chi connectivity index (χ1v) is 4.83. The number of anilines is 1. The van der Waals surface area contributed by atoms with Crippen LogP contribution in [-0.2, 0) is 6.54 Å². The maximum absolute atomic E-state index is 8.67. The number of H-pyrrole nitrogens is 1. The number of nitrogens with zero attached hydrogens (tertiary/aromatic N) is 4. The molecule has 0 bridgehead atoms. The molecule has 0 radical (unpaired) electrons. The van der Waals surface area contributed by atoms with Gasteiger partial charge in [-0.05, 0) is 18.2 Å². The summed E-state index contributed by atoms with van der Waals surface area (Å²) in [6.45, 7) is 0.419. The van der Waals surface area contributed by atoms with Gasteiger partial charge in [0.1, 0.15) is 0 Å². The lowest BCUT2D eigenvalue weighted by Gasteiger charge is -2.05. The van der Waals surface area contributed by atoms with E-state index >= 15 is 0 Å². The molecule has 80 valence electrons. The van der Waals surface area contributed by atoms with Gasteiger partial charge in [0.2, 0.25) is 0 Å². The second-order valence-electron chi connectivity index (χ2n) is 2.99. The largest absolute Gasteiger partial charge is 0.376 e. The zero-order chi connectivity index (χ0) is 11.4. The number of nitrogens with one attached hydrogen (secondary N) is 2. The molecule has 2 N–H and O–H groups in total. The molecule has 2 aromatic rings. The molecule has 0 spiro atoms. The molecule has 0 saturated carbocycles. The molecule has 0 unspecified atom stereocenters. The smallest absolute Gasteiger partial charge is 0.193 e. The van der Waals surface area contributed by atoms with Crippen LogP contribution in [0.5, 0.6) is 0 Å². The van der Waals surface area contributed by atoms with Crippen LogP contribution < -0.4 is 5.32 Å². The molecule has 0 aliphatic heterocycles. The number of aromatic nitrogens is 4. The molecule has 1 heterocycles. The summed E-state index contributed by atoms with van der Waals surface area (Å²) in [6.07, 6.45) is 0. The standard InChI is InChI=1S/C9H7ClN6/c10-7-3-6(4-11)1-2-8(7)12-5-9-13-15-16-14-9/h1-3,12H,5H2,(H,13,14,15,16). The van der Waals surface area contributed by atoms with Gasteiger partial charge in [-0.2, -0.15) is 10.5 Å². The zero-order valence-electron chi connectivity index (χ0n) is 8.11. The Kier molecular flexibility index (Phi) is 2.98. The number of aromatic amines is 1. The second kappa shape index (κ2) is 4.59. The lowest BCUT2D eigenvalue weighted by Crippen LogP contribution is -2.02. The highest BCUT2D eigenvalue weighted by Gasteiger charge is 2.03. The third kappa shape index (κ3) is 2.27. The molecular weight excluding hydrogens is 228 g/mol. The number of nitriles is 1. The number of hydrogen-bond acceptors (Lipinski definition) is 5. The van der Waals surface area contributed by atoms with E-state index in [0.29, 0.717) is 23.0 Å². The molecule has 1 aromatic heterocycles. The molecule has 2 rings (SSSR count). The third-order valence-corrected chi connectivity index (χ3v) is 2.24. The Morgan fingerprint density at radius 1 is 1.50 bits per heavy atom. The summed E-state index contributed by atoms with van der Waals surface area (Å²) >= 11 is 5.97. The van der Waals surface area contributed by atoms with E-state index in [1.54, 1.807) is 18.2 Å². The van der Waals surface area contributed by atoms with Crippen molar-refractivity contribution in [3.05, 3.63) is 34.6 Å². The fraction of sp³-hybridized carbons (Fsp3) is 0.111. The van der Waals surface area contributed by atoms with Gasteiger partial charge < -0.3 is 5.32 Å². The van der Waals surface area contributed by atoms with E-state index in [1.807, 2.05) is 6.07 Å². The first-order chi connectivity index (χ1) is 7.79. The van der Waals surface area contributed by atoms with Gasteiger partial charge in [-0.3, -0.25) is 0 Å². The van der Waals surface area contributed by atoms with E-state index < -0.39 is 0 Å². The van der Waals surface area contributed by atoms with Crippen molar-refractivity contribution >= 4 is 17.3 Å². The average molecular weight is 235 g/mol. The minimum atomic E-state index is 0.419. The van der Waals surface area contributed by atoms with Crippen molar-refractivity contribution in [1.82, 2.24) is 20.6 Å². The Morgan fingerprint density at radius 2 is 2.38 bits per heavy atom. The summed E-state index contributed by atoms with van der Waals surface area (Å²) in [7, 11) is 0. The van der Waals surface area contributed by atoms with E-state index in [0.717, 1.165) is 5.69 Å². The Labute approximate surface area is 96.2 Å². The highest BCUT2D eigenvalue weighted by Crippen LogP contribution is 2.22. The monoisotopic (exact) mass is 234 g/mol. The van der Waals surface area contributed by atoms with Crippen LogP contribution in [0.1, 0.15) is 11.4 Å². The lowest BCUT2D eigenvalue weighted by molar-refractivity contribution is 0.881. The summed E-state index contributed by atoms with van der Waals surface area (Å²) in [6, 6.07) is 7.03. The molecule has 1 aromatic carbocycles. The number of rotatable bonds is 3. The number of halogens is 1. The molecule has 0 fully saturated rings. The molecule has 0 aliphatic carbocycles. The van der Waals surface area contributed by atoms with Crippen molar-refractivity contribution in [1.29, 1.82) is 5.26 Å². The van der Waals surface area contributed by atoms with Gasteiger partial charge in [0.05, 0.1) is 28.9 Å². The topological polar surface area (TPSA) is 90.3 Å². The van der Waals surface area contributed by atoms with Crippen molar-refractivity contribution in [2.45, 2.75) is 6.54 Å². The van der Waals surface area contributed by atoms with Gasteiger partial charge in [0.15, 0.2) is 5.82 Å². The zero-order valence-corrected chi connectivity index (χ0v) is 8.86. The maximum atomic E-state index is 8.67. The molecule has 0 aliphatic rings. The molecule has 0 atom stereocenters. The summed E-state index contributed by atoms with van der Waals surface area (Å²) in [5.74, 6) is 0.542. The number of hydrogen-bond donors (Lipinski definition) is 2. The molecule has 0 amide bonds. The van der Waals surface area contributed by atoms with E-state index in [2.05, 4.69) is 25.9 Å². The van der Waals surface area contributed by atoms with Gasteiger partial charge in [0.25, 0.3) is 0 Å². The summed E-state index contributed by atoms with van der Waals surface area (Å²) < 4.78 is 0. The first-order valence-electron chi connectivity index (χ1n) is 4.45. The Hall–Kier alpha value is -2.13. The van der Waals surface area contributed by atoms with Crippen molar-refractivity contribution in [2.75, 3.05) is 5.32 Å². The van der Waals surface area contributed by atoms with E-state index in [9.17, 15) is 0 Å². The van der Waals surface area contributed by atoms with Gasteiger partial charge in [-0.1, -0.05) is 16.8 Å². The van der Waals surface area contributed by atoms with Crippen LogP contribution in [0.25, 0.3) is 0 Å². The van der Waals surface area contributed by atoms with Crippen LogP contribution in [0.4, 0.5) is 5.69 Å². The van der Waals surface area contributed by atoms with Gasteiger partial charge in [-0.25, -0.2) is 0 Å². The van der Waals surface area contributed by atoms with E-state index in [-0.39, 0.29) is 0 Å². The third-order valence-electron chi connectivity index (χ3n) is 1.92. The van der Waals surface area contributed by atoms with Crippen LogP contribution >= 0.6 is 11.6 Å². The van der Waals surface area contributed by atoms with Crippen molar-refractivity contribution in [3.63, 3.8) is 0 Å². The fourth-order valence-corrected chi connectivity index (χ4v) is 1.41. The summed E-state index contributed by atoms with van der Waals surface area (Å²) in [5, 5.41) is 25.6. The van der Waals surface area contributed by atoms with Crippen LogP contribution in [0.15, 0.2) is 18.2 Å². The van der Waals surface area contributed by atoms with Crippen molar-refractivity contribution < 1.29 is 0 Å². The minimum absolute atomic E-state index is 0.419.